The van der Waals surface area contributed by atoms with Crippen LogP contribution in [-0.2, 0) is 4.74 Å². The summed E-state index contributed by atoms with van der Waals surface area (Å²) in [6.45, 7) is 5.26. The van der Waals surface area contributed by atoms with Crippen LogP contribution in [0.2, 0.25) is 0 Å². The quantitative estimate of drug-likeness (QED) is 0.685. The van der Waals surface area contributed by atoms with Crippen molar-refractivity contribution >= 4 is 6.09 Å². The van der Waals surface area contributed by atoms with Crippen LogP contribution in [0.5, 0.6) is 0 Å². The Morgan fingerprint density at radius 1 is 1.33 bits per heavy atom. The Morgan fingerprint density at radius 2 is 1.94 bits per heavy atom. The summed E-state index contributed by atoms with van der Waals surface area (Å²) in [5, 5.41) is 7.78. The maximum Gasteiger partial charge on any atom is 0.407 e. The van der Waals surface area contributed by atoms with Crippen molar-refractivity contribution in [3.63, 3.8) is 0 Å². The van der Waals surface area contributed by atoms with Crippen molar-refractivity contribution in [2.24, 2.45) is 0 Å². The van der Waals surface area contributed by atoms with Crippen molar-refractivity contribution in [1.82, 2.24) is 16.0 Å². The van der Waals surface area contributed by atoms with Crippen molar-refractivity contribution in [2.45, 2.75) is 38.3 Å². The second-order valence-corrected chi connectivity index (χ2v) is 5.45. The number of alkyl carbamates (subject to hydrolysis) is 1. The van der Waals surface area contributed by atoms with Gasteiger partial charge in [0, 0.05) is 19.1 Å². The zero-order chi connectivity index (χ0) is 13.8. The molecule has 0 spiro atoms. The van der Waals surface area contributed by atoms with Gasteiger partial charge in [-0.05, 0) is 20.8 Å². The second kappa shape index (κ2) is 5.79. The number of nitrogens with one attached hydrogen (secondary N) is 3. The van der Waals surface area contributed by atoms with Gasteiger partial charge < -0.3 is 20.7 Å². The maximum atomic E-state index is 13.4. The number of ether oxygens (including phenoxy) is 1. The number of carbonyl (C=O) groups is 1. The number of halogens is 2. The molecule has 1 heterocycles. The Bertz CT molecular complexity index is 289. The molecule has 1 aliphatic heterocycles. The molecular weight excluding hydrogens is 244 g/mol. The van der Waals surface area contributed by atoms with Crippen molar-refractivity contribution < 1.29 is 18.3 Å². The van der Waals surface area contributed by atoms with E-state index in [1.807, 2.05) is 0 Å². The summed E-state index contributed by atoms with van der Waals surface area (Å²) in [6, 6.07) is 0.0948. The average Bonchev–Trinajstić information content (AvgIpc) is 2.09. The molecule has 0 aliphatic carbocycles. The van der Waals surface area contributed by atoms with E-state index >= 15 is 0 Å². The molecule has 0 aromatic heterocycles. The number of carbonyl (C=O) groups excluding carboxylic acids is 1. The van der Waals surface area contributed by atoms with Gasteiger partial charge in [0.25, 0.3) is 5.92 Å². The maximum absolute atomic E-state index is 13.4. The van der Waals surface area contributed by atoms with Crippen LogP contribution >= 0.6 is 0 Å². The predicted molar refractivity (Wildman–Crippen MR) is 63.8 cm³/mol. The first-order valence-electron chi connectivity index (χ1n) is 5.97. The van der Waals surface area contributed by atoms with Gasteiger partial charge >= 0.3 is 6.09 Å². The molecule has 0 bridgehead atoms. The molecule has 0 radical (unpaired) electrons. The smallest absolute Gasteiger partial charge is 0.407 e. The minimum absolute atomic E-state index is 0.0948. The van der Waals surface area contributed by atoms with Gasteiger partial charge in [-0.2, -0.15) is 0 Å². The lowest BCUT2D eigenvalue weighted by Crippen LogP contribution is -2.58. The molecule has 1 saturated heterocycles. The van der Waals surface area contributed by atoms with Crippen LogP contribution in [0.1, 0.15) is 20.8 Å². The fourth-order valence-corrected chi connectivity index (χ4v) is 1.30. The molecule has 0 atom stereocenters. The molecule has 0 saturated carbocycles. The molecule has 0 aromatic carbocycles. The van der Waals surface area contributed by atoms with Crippen LogP contribution in [0.3, 0.4) is 0 Å². The van der Waals surface area contributed by atoms with E-state index in [0.29, 0.717) is 13.1 Å². The Hall–Kier alpha value is -0.950. The summed E-state index contributed by atoms with van der Waals surface area (Å²) in [5.41, 5.74) is -0.685. The van der Waals surface area contributed by atoms with Gasteiger partial charge in [0.1, 0.15) is 5.60 Å². The van der Waals surface area contributed by atoms with Crippen LogP contribution in [0.25, 0.3) is 0 Å². The molecule has 1 aliphatic rings. The van der Waals surface area contributed by atoms with E-state index in [9.17, 15) is 13.6 Å². The summed E-state index contributed by atoms with van der Waals surface area (Å²) in [4.78, 5) is 11.2. The van der Waals surface area contributed by atoms with Crippen LogP contribution in [-0.4, -0.2) is 49.8 Å². The lowest BCUT2D eigenvalue weighted by Gasteiger charge is -2.30. The molecule has 0 unspecified atom stereocenters. The number of alkyl halides is 2. The second-order valence-electron chi connectivity index (χ2n) is 5.45. The Kier molecular flexibility index (Phi) is 4.86. The molecule has 1 amide bonds. The van der Waals surface area contributed by atoms with Crippen LogP contribution < -0.4 is 16.0 Å². The number of hydrogen-bond acceptors (Lipinski definition) is 4. The van der Waals surface area contributed by atoms with E-state index in [-0.39, 0.29) is 6.04 Å². The first-order chi connectivity index (χ1) is 8.18. The Balaban J connectivity index is 2.20. The Labute approximate surface area is 106 Å². The summed E-state index contributed by atoms with van der Waals surface area (Å²) in [5.74, 6) is -2.98. The van der Waals surface area contributed by atoms with E-state index < -0.39 is 30.7 Å². The van der Waals surface area contributed by atoms with Gasteiger partial charge in [-0.25, -0.2) is 13.6 Å². The standard InChI is InChI=1S/C11H21F2N3O2/c1-10(2,3)18-9(17)16-7-11(12,13)6-15-8-4-14-5-8/h8,14-15H,4-7H2,1-3H3,(H,16,17). The van der Waals surface area contributed by atoms with Crippen molar-refractivity contribution in [3.05, 3.63) is 0 Å². The first-order valence-corrected chi connectivity index (χ1v) is 5.97. The van der Waals surface area contributed by atoms with E-state index in [1.54, 1.807) is 20.8 Å². The van der Waals surface area contributed by atoms with Crippen molar-refractivity contribution in [2.75, 3.05) is 26.2 Å². The van der Waals surface area contributed by atoms with Gasteiger partial charge in [0.2, 0.25) is 0 Å². The molecule has 106 valence electrons. The molecule has 7 heteroatoms. The lowest BCUT2D eigenvalue weighted by molar-refractivity contribution is -0.00676. The summed E-state index contributed by atoms with van der Waals surface area (Å²) in [6.07, 6.45) is -0.826. The number of rotatable bonds is 5. The lowest BCUT2D eigenvalue weighted by atomic mass is 10.2. The monoisotopic (exact) mass is 265 g/mol. The SMILES string of the molecule is CC(C)(C)OC(=O)NCC(F)(F)CNC1CNC1. The van der Waals surface area contributed by atoms with Crippen molar-refractivity contribution in [3.8, 4) is 0 Å². The van der Waals surface area contributed by atoms with Gasteiger partial charge in [-0.3, -0.25) is 0 Å². The van der Waals surface area contributed by atoms with E-state index in [0.717, 1.165) is 0 Å². The molecule has 0 aromatic rings. The van der Waals surface area contributed by atoms with Crippen molar-refractivity contribution in [1.29, 1.82) is 0 Å². The fraction of sp³-hybridized carbons (Fsp3) is 0.909. The highest BCUT2D eigenvalue weighted by atomic mass is 19.3. The number of hydrogen-bond donors (Lipinski definition) is 3. The van der Waals surface area contributed by atoms with Crippen LogP contribution in [0.4, 0.5) is 13.6 Å². The zero-order valence-electron chi connectivity index (χ0n) is 11.0. The molecular formula is C11H21F2N3O2. The normalized spacial score (nSPS) is 17.2. The van der Waals surface area contributed by atoms with Gasteiger partial charge in [-0.1, -0.05) is 0 Å². The van der Waals surface area contributed by atoms with Gasteiger partial charge in [0.05, 0.1) is 13.1 Å². The van der Waals surface area contributed by atoms with Crippen LogP contribution in [0.15, 0.2) is 0 Å². The molecule has 5 nitrogen and oxygen atoms in total. The average molecular weight is 265 g/mol. The van der Waals surface area contributed by atoms with E-state index in [1.165, 1.54) is 0 Å². The highest BCUT2D eigenvalue weighted by Gasteiger charge is 2.32. The minimum atomic E-state index is -2.98. The highest BCUT2D eigenvalue weighted by Crippen LogP contribution is 2.12. The third-order valence-corrected chi connectivity index (χ3v) is 2.32. The molecule has 18 heavy (non-hydrogen) atoms. The summed E-state index contributed by atoms with van der Waals surface area (Å²) >= 11 is 0. The van der Waals surface area contributed by atoms with Gasteiger partial charge in [-0.15, -0.1) is 0 Å². The Morgan fingerprint density at radius 3 is 2.39 bits per heavy atom. The molecule has 3 N–H and O–H groups in total. The van der Waals surface area contributed by atoms with Crippen LogP contribution in [0, 0.1) is 0 Å². The van der Waals surface area contributed by atoms with E-state index in [4.69, 9.17) is 4.74 Å². The summed E-state index contributed by atoms with van der Waals surface area (Å²) in [7, 11) is 0. The highest BCUT2D eigenvalue weighted by molar-refractivity contribution is 5.67. The largest absolute Gasteiger partial charge is 0.444 e. The number of amides is 1. The third kappa shape index (κ3) is 6.11. The minimum Gasteiger partial charge on any atom is -0.444 e. The topological polar surface area (TPSA) is 62.4 Å². The first kappa shape index (κ1) is 15.1. The molecule has 1 rings (SSSR count). The summed E-state index contributed by atoms with van der Waals surface area (Å²) < 4.78 is 31.6. The fourth-order valence-electron chi connectivity index (χ4n) is 1.30. The third-order valence-electron chi connectivity index (χ3n) is 2.32. The van der Waals surface area contributed by atoms with Gasteiger partial charge in [0.15, 0.2) is 0 Å². The molecule has 1 fully saturated rings. The van der Waals surface area contributed by atoms with E-state index in [2.05, 4.69) is 16.0 Å². The predicted octanol–water partition coefficient (Wildman–Crippen LogP) is 0.708. The zero-order valence-corrected chi connectivity index (χ0v) is 11.0.